The molecule has 2 aromatic heterocycles. The maximum absolute atomic E-state index is 14.5. The molecule has 0 saturated carbocycles. The van der Waals surface area contributed by atoms with Gasteiger partial charge in [0.15, 0.2) is 14.9 Å². The Bertz CT molecular complexity index is 1450. The van der Waals surface area contributed by atoms with Gasteiger partial charge >= 0.3 is 0 Å². The molecule has 4 aromatic rings. The summed E-state index contributed by atoms with van der Waals surface area (Å²) in [4.78, 5) is 8.50. The molecule has 0 unspecified atom stereocenters. The first-order valence-corrected chi connectivity index (χ1v) is 11.7. The van der Waals surface area contributed by atoms with Crippen LogP contribution in [-0.2, 0) is 22.8 Å². The van der Waals surface area contributed by atoms with Gasteiger partial charge in [0, 0.05) is 42.1 Å². The van der Waals surface area contributed by atoms with Crippen molar-refractivity contribution in [3.63, 3.8) is 0 Å². The highest BCUT2D eigenvalue weighted by Crippen LogP contribution is 2.32. The average molecular weight is 456 g/mol. The molecular formula is C22H18F2N4O3S. The Kier molecular flexibility index (Phi) is 4.81. The van der Waals surface area contributed by atoms with Crippen molar-refractivity contribution in [1.29, 1.82) is 0 Å². The third-order valence-electron chi connectivity index (χ3n) is 5.40. The zero-order chi connectivity index (χ0) is 22.5. The SMILES string of the molecule is CS(=O)(=O)c1ncn2c(NCc3c(F)ccc4c3CCO4)ncc(-c3ccc(F)cc3)c12. The summed E-state index contributed by atoms with van der Waals surface area (Å²) in [6, 6.07) is 8.64. The summed E-state index contributed by atoms with van der Waals surface area (Å²) < 4.78 is 59.6. The van der Waals surface area contributed by atoms with Gasteiger partial charge in [-0.25, -0.2) is 27.2 Å². The van der Waals surface area contributed by atoms with Crippen molar-refractivity contribution in [3.8, 4) is 16.9 Å². The number of aromatic nitrogens is 3. The van der Waals surface area contributed by atoms with E-state index in [1.807, 2.05) is 0 Å². The number of hydrogen-bond acceptors (Lipinski definition) is 6. The Labute approximate surface area is 182 Å². The number of ether oxygens (including phenoxy) is 1. The number of benzene rings is 2. The summed E-state index contributed by atoms with van der Waals surface area (Å²) >= 11 is 0. The Hall–Kier alpha value is -3.53. The molecule has 164 valence electrons. The van der Waals surface area contributed by atoms with Crippen molar-refractivity contribution in [1.82, 2.24) is 14.4 Å². The number of sulfone groups is 1. The number of hydrogen-bond donors (Lipinski definition) is 1. The summed E-state index contributed by atoms with van der Waals surface area (Å²) in [6.07, 6.45) is 4.53. The lowest BCUT2D eigenvalue weighted by molar-refractivity contribution is 0.356. The quantitative estimate of drug-likeness (QED) is 0.494. The fourth-order valence-electron chi connectivity index (χ4n) is 3.90. The first-order chi connectivity index (χ1) is 15.3. The smallest absolute Gasteiger partial charge is 0.209 e. The number of anilines is 1. The number of rotatable bonds is 5. The molecule has 0 radical (unpaired) electrons. The van der Waals surface area contributed by atoms with Crippen LogP contribution in [0.3, 0.4) is 0 Å². The molecule has 0 aliphatic carbocycles. The third-order valence-corrected chi connectivity index (χ3v) is 6.40. The van der Waals surface area contributed by atoms with Crippen LogP contribution in [-0.4, -0.2) is 35.6 Å². The van der Waals surface area contributed by atoms with Gasteiger partial charge in [0.2, 0.25) is 5.95 Å². The van der Waals surface area contributed by atoms with E-state index in [0.717, 1.165) is 11.8 Å². The number of fused-ring (bicyclic) bond motifs is 2. The topological polar surface area (TPSA) is 85.6 Å². The summed E-state index contributed by atoms with van der Waals surface area (Å²) in [7, 11) is -3.66. The highest BCUT2D eigenvalue weighted by atomic mass is 32.2. The Morgan fingerprint density at radius 2 is 1.91 bits per heavy atom. The van der Waals surface area contributed by atoms with E-state index in [1.54, 1.807) is 18.2 Å². The second-order valence-corrected chi connectivity index (χ2v) is 9.43. The maximum atomic E-state index is 14.5. The van der Waals surface area contributed by atoms with Crippen LogP contribution in [0.2, 0.25) is 0 Å². The van der Waals surface area contributed by atoms with Crippen LogP contribution < -0.4 is 10.1 Å². The van der Waals surface area contributed by atoms with Crippen molar-refractivity contribution in [3.05, 3.63) is 71.7 Å². The van der Waals surface area contributed by atoms with Crippen LogP contribution in [0.15, 0.2) is 53.9 Å². The van der Waals surface area contributed by atoms with Gasteiger partial charge in [-0.05, 0) is 29.8 Å². The summed E-state index contributed by atoms with van der Waals surface area (Å²) in [5.41, 5.74) is 2.65. The average Bonchev–Trinajstić information content (AvgIpc) is 3.41. The van der Waals surface area contributed by atoms with Gasteiger partial charge in [-0.1, -0.05) is 12.1 Å². The van der Waals surface area contributed by atoms with E-state index < -0.39 is 15.7 Å². The first kappa shape index (κ1) is 20.4. The monoisotopic (exact) mass is 456 g/mol. The molecule has 0 spiro atoms. The molecule has 1 aliphatic heterocycles. The summed E-state index contributed by atoms with van der Waals surface area (Å²) in [5, 5.41) is 2.97. The summed E-state index contributed by atoms with van der Waals surface area (Å²) in [5.74, 6) is 0.191. The Morgan fingerprint density at radius 1 is 1.12 bits per heavy atom. The molecule has 0 atom stereocenters. The van der Waals surface area contributed by atoms with Crippen LogP contribution in [0.5, 0.6) is 5.75 Å². The van der Waals surface area contributed by atoms with E-state index in [-0.39, 0.29) is 17.4 Å². The predicted molar refractivity (Wildman–Crippen MR) is 114 cm³/mol. The van der Waals surface area contributed by atoms with Crippen molar-refractivity contribution in [2.24, 2.45) is 0 Å². The van der Waals surface area contributed by atoms with E-state index in [1.165, 1.54) is 35.1 Å². The lowest BCUT2D eigenvalue weighted by Gasteiger charge is -2.13. The molecule has 3 heterocycles. The molecule has 5 rings (SSSR count). The van der Waals surface area contributed by atoms with Crippen molar-refractivity contribution in [2.45, 2.75) is 18.0 Å². The Morgan fingerprint density at radius 3 is 2.66 bits per heavy atom. The fourth-order valence-corrected chi connectivity index (χ4v) is 4.70. The molecule has 2 aromatic carbocycles. The van der Waals surface area contributed by atoms with Crippen LogP contribution in [0, 0.1) is 11.6 Å². The fraction of sp³-hybridized carbons (Fsp3) is 0.182. The molecule has 0 fully saturated rings. The molecule has 0 bridgehead atoms. The molecule has 0 saturated heterocycles. The van der Waals surface area contributed by atoms with Crippen LogP contribution in [0.25, 0.3) is 16.6 Å². The minimum Gasteiger partial charge on any atom is -0.493 e. The second kappa shape index (κ2) is 7.56. The van der Waals surface area contributed by atoms with Gasteiger partial charge in [0.25, 0.3) is 0 Å². The third kappa shape index (κ3) is 3.46. The van der Waals surface area contributed by atoms with E-state index in [0.29, 0.717) is 46.9 Å². The van der Waals surface area contributed by atoms with Crippen molar-refractivity contribution >= 4 is 21.3 Å². The van der Waals surface area contributed by atoms with Gasteiger partial charge in [-0.15, -0.1) is 0 Å². The highest BCUT2D eigenvalue weighted by molar-refractivity contribution is 7.90. The molecular weight excluding hydrogens is 438 g/mol. The van der Waals surface area contributed by atoms with Gasteiger partial charge in [-0.2, -0.15) is 0 Å². The van der Waals surface area contributed by atoms with E-state index in [9.17, 15) is 17.2 Å². The minimum absolute atomic E-state index is 0.123. The van der Waals surface area contributed by atoms with Gasteiger partial charge < -0.3 is 10.1 Å². The normalized spacial score (nSPS) is 13.2. The first-order valence-electron chi connectivity index (χ1n) is 9.82. The van der Waals surface area contributed by atoms with Crippen LogP contribution in [0.4, 0.5) is 14.7 Å². The largest absolute Gasteiger partial charge is 0.493 e. The lowest BCUT2D eigenvalue weighted by Crippen LogP contribution is -2.10. The van der Waals surface area contributed by atoms with E-state index >= 15 is 0 Å². The zero-order valence-electron chi connectivity index (χ0n) is 17.0. The van der Waals surface area contributed by atoms with Crippen molar-refractivity contribution in [2.75, 3.05) is 18.2 Å². The number of nitrogens with one attached hydrogen (secondary N) is 1. The van der Waals surface area contributed by atoms with Gasteiger partial charge in [0.05, 0.1) is 12.1 Å². The van der Waals surface area contributed by atoms with Crippen LogP contribution in [0.1, 0.15) is 11.1 Å². The van der Waals surface area contributed by atoms with Crippen LogP contribution >= 0.6 is 0 Å². The summed E-state index contributed by atoms with van der Waals surface area (Å²) in [6.45, 7) is 0.628. The van der Waals surface area contributed by atoms with Crippen molar-refractivity contribution < 1.29 is 21.9 Å². The highest BCUT2D eigenvalue weighted by Gasteiger charge is 2.23. The van der Waals surface area contributed by atoms with Gasteiger partial charge in [-0.3, -0.25) is 4.40 Å². The molecule has 1 N–H and O–H groups in total. The standard InChI is InChI=1S/C22H18F2N4O3S/c1-32(29,30)21-20-16(13-2-4-14(23)5-3-13)10-25-22(28(20)12-27-21)26-11-17-15-8-9-31-19(15)7-6-18(17)24/h2-7,10,12H,8-9,11H2,1H3,(H,25,26). The molecule has 32 heavy (non-hydrogen) atoms. The van der Waals surface area contributed by atoms with Gasteiger partial charge in [0.1, 0.15) is 23.7 Å². The number of imidazole rings is 1. The van der Waals surface area contributed by atoms with E-state index in [4.69, 9.17) is 4.74 Å². The van der Waals surface area contributed by atoms with E-state index in [2.05, 4.69) is 15.3 Å². The molecule has 0 amide bonds. The number of halogens is 2. The molecule has 1 aliphatic rings. The molecule has 10 heteroatoms. The predicted octanol–water partition coefficient (Wildman–Crippen LogP) is 3.63. The maximum Gasteiger partial charge on any atom is 0.209 e. The Balaban J connectivity index is 1.60. The number of nitrogens with zero attached hydrogens (tertiary/aromatic N) is 3. The lowest BCUT2D eigenvalue weighted by atomic mass is 10.0. The minimum atomic E-state index is -3.66. The molecule has 7 nitrogen and oxygen atoms in total. The second-order valence-electron chi connectivity index (χ2n) is 7.50. The zero-order valence-corrected chi connectivity index (χ0v) is 17.8.